The van der Waals surface area contributed by atoms with Crippen LogP contribution in [-0.2, 0) is 6.54 Å². The number of nitrogens with zero attached hydrogens (tertiary/aromatic N) is 1. The molecule has 0 aromatic heterocycles. The Bertz CT molecular complexity index is 529. The van der Waals surface area contributed by atoms with Crippen LogP contribution in [0, 0.1) is 0 Å². The fourth-order valence-electron chi connectivity index (χ4n) is 3.06. The van der Waals surface area contributed by atoms with Crippen molar-refractivity contribution < 1.29 is 9.47 Å². The van der Waals surface area contributed by atoms with E-state index < -0.39 is 0 Å². The van der Waals surface area contributed by atoms with E-state index in [4.69, 9.17) is 21.7 Å². The first-order valence-electron chi connectivity index (χ1n) is 8.12. The second kappa shape index (κ2) is 7.18. The fraction of sp³-hybridized carbons (Fsp3) is 0.588. The van der Waals surface area contributed by atoms with Crippen LogP contribution in [0.4, 0.5) is 0 Å². The zero-order chi connectivity index (χ0) is 15.4. The summed E-state index contributed by atoms with van der Waals surface area (Å²) in [6.07, 6.45) is 6.45. The molecule has 1 saturated carbocycles. The molecule has 22 heavy (non-hydrogen) atoms. The average Bonchev–Trinajstić information content (AvgIpc) is 2.55. The van der Waals surface area contributed by atoms with E-state index in [0.717, 1.165) is 23.2 Å². The zero-order valence-corrected chi connectivity index (χ0v) is 14.0. The molecule has 0 atom stereocenters. The monoisotopic (exact) mass is 320 g/mol. The van der Waals surface area contributed by atoms with Crippen molar-refractivity contribution in [3.8, 4) is 11.5 Å². The highest BCUT2D eigenvalue weighted by Gasteiger charge is 2.17. The highest BCUT2D eigenvalue weighted by molar-refractivity contribution is 7.80. The highest BCUT2D eigenvalue weighted by atomic mass is 32.1. The minimum absolute atomic E-state index is 0.545. The molecule has 1 aliphatic carbocycles. The molecule has 1 fully saturated rings. The van der Waals surface area contributed by atoms with Crippen molar-refractivity contribution in [3.05, 3.63) is 23.8 Å². The molecule has 0 saturated heterocycles. The van der Waals surface area contributed by atoms with Crippen molar-refractivity contribution in [1.82, 2.24) is 10.2 Å². The molecule has 1 aromatic carbocycles. The van der Waals surface area contributed by atoms with Gasteiger partial charge in [-0.05, 0) is 42.8 Å². The highest BCUT2D eigenvalue weighted by Crippen LogP contribution is 2.31. The van der Waals surface area contributed by atoms with Crippen LogP contribution in [0.3, 0.4) is 0 Å². The number of benzene rings is 1. The maximum atomic E-state index is 5.64. The molecule has 2 aliphatic rings. The van der Waals surface area contributed by atoms with Gasteiger partial charge in [0.2, 0.25) is 0 Å². The lowest BCUT2D eigenvalue weighted by molar-refractivity contribution is 0.171. The summed E-state index contributed by atoms with van der Waals surface area (Å²) >= 11 is 5.54. The lowest BCUT2D eigenvalue weighted by Gasteiger charge is -2.28. The Morgan fingerprint density at radius 3 is 2.68 bits per heavy atom. The lowest BCUT2D eigenvalue weighted by atomic mass is 9.96. The molecule has 0 spiro atoms. The summed E-state index contributed by atoms with van der Waals surface area (Å²) in [5.74, 6) is 1.67. The average molecular weight is 320 g/mol. The maximum Gasteiger partial charge on any atom is 0.169 e. The van der Waals surface area contributed by atoms with E-state index in [-0.39, 0.29) is 0 Å². The van der Waals surface area contributed by atoms with Crippen LogP contribution in [0.15, 0.2) is 18.2 Å². The Hall–Kier alpha value is -1.49. The topological polar surface area (TPSA) is 33.7 Å². The molecule has 4 nitrogen and oxygen atoms in total. The Morgan fingerprint density at radius 1 is 1.18 bits per heavy atom. The Balaban J connectivity index is 1.56. The standard InChI is InChI=1S/C17H24N2O2S/c1-19(17(22)18-14-5-3-2-4-6-14)12-13-7-8-15-16(11-13)21-10-9-20-15/h7-8,11,14H,2-6,9-10,12H2,1H3,(H,18,22). The Morgan fingerprint density at radius 2 is 1.91 bits per heavy atom. The van der Waals surface area contributed by atoms with Crippen LogP contribution >= 0.6 is 12.2 Å². The first-order valence-corrected chi connectivity index (χ1v) is 8.53. The summed E-state index contributed by atoms with van der Waals surface area (Å²) in [6.45, 7) is 2.02. The van der Waals surface area contributed by atoms with Crippen molar-refractivity contribution in [2.75, 3.05) is 20.3 Å². The number of hydrogen-bond donors (Lipinski definition) is 1. The van der Waals surface area contributed by atoms with Gasteiger partial charge in [-0.2, -0.15) is 0 Å². The van der Waals surface area contributed by atoms with Crippen LogP contribution in [-0.4, -0.2) is 36.3 Å². The van der Waals surface area contributed by atoms with E-state index in [1.165, 1.54) is 37.7 Å². The quantitative estimate of drug-likeness (QED) is 0.866. The van der Waals surface area contributed by atoms with Gasteiger partial charge >= 0.3 is 0 Å². The fourth-order valence-corrected chi connectivity index (χ4v) is 3.29. The molecular weight excluding hydrogens is 296 g/mol. The van der Waals surface area contributed by atoms with E-state index >= 15 is 0 Å². The van der Waals surface area contributed by atoms with Gasteiger partial charge in [-0.1, -0.05) is 25.3 Å². The van der Waals surface area contributed by atoms with E-state index in [2.05, 4.69) is 16.3 Å². The summed E-state index contributed by atoms with van der Waals surface area (Å²) in [6, 6.07) is 6.65. The van der Waals surface area contributed by atoms with Crippen LogP contribution in [0.2, 0.25) is 0 Å². The summed E-state index contributed by atoms with van der Waals surface area (Å²) < 4.78 is 11.2. The van der Waals surface area contributed by atoms with Gasteiger partial charge < -0.3 is 19.7 Å². The summed E-state index contributed by atoms with van der Waals surface area (Å²) in [4.78, 5) is 2.09. The minimum Gasteiger partial charge on any atom is -0.486 e. The third kappa shape index (κ3) is 3.83. The molecule has 1 N–H and O–H groups in total. The van der Waals surface area contributed by atoms with Gasteiger partial charge in [0.05, 0.1) is 0 Å². The molecule has 120 valence electrons. The number of nitrogens with one attached hydrogen (secondary N) is 1. The zero-order valence-electron chi connectivity index (χ0n) is 13.1. The number of fused-ring (bicyclic) bond motifs is 1. The predicted octanol–water partition coefficient (Wildman–Crippen LogP) is 3.10. The molecule has 1 aromatic rings. The summed E-state index contributed by atoms with van der Waals surface area (Å²) in [5.41, 5.74) is 1.18. The van der Waals surface area contributed by atoms with Crippen molar-refractivity contribution in [3.63, 3.8) is 0 Å². The Kier molecular flexibility index (Phi) is 5.03. The van der Waals surface area contributed by atoms with Gasteiger partial charge in [-0.25, -0.2) is 0 Å². The smallest absolute Gasteiger partial charge is 0.169 e. The molecule has 3 rings (SSSR count). The van der Waals surface area contributed by atoms with Gasteiger partial charge in [-0.15, -0.1) is 0 Å². The van der Waals surface area contributed by atoms with E-state index in [0.29, 0.717) is 19.3 Å². The first kappa shape index (κ1) is 15.4. The normalized spacial score (nSPS) is 17.9. The van der Waals surface area contributed by atoms with Gasteiger partial charge in [0.1, 0.15) is 13.2 Å². The number of ether oxygens (including phenoxy) is 2. The van der Waals surface area contributed by atoms with Crippen LogP contribution < -0.4 is 14.8 Å². The Labute approximate surface area is 137 Å². The van der Waals surface area contributed by atoms with Crippen molar-refractivity contribution >= 4 is 17.3 Å². The molecule has 0 bridgehead atoms. The van der Waals surface area contributed by atoms with Gasteiger partial charge in [-0.3, -0.25) is 0 Å². The van der Waals surface area contributed by atoms with E-state index in [1.807, 2.05) is 19.2 Å². The number of hydrogen-bond acceptors (Lipinski definition) is 3. The summed E-state index contributed by atoms with van der Waals surface area (Å²) in [5, 5.41) is 4.34. The van der Waals surface area contributed by atoms with E-state index in [1.54, 1.807) is 0 Å². The lowest BCUT2D eigenvalue weighted by Crippen LogP contribution is -2.43. The van der Waals surface area contributed by atoms with Gasteiger partial charge in [0, 0.05) is 19.6 Å². The van der Waals surface area contributed by atoms with Crippen molar-refractivity contribution in [2.45, 2.75) is 44.7 Å². The molecular formula is C17H24N2O2S. The largest absolute Gasteiger partial charge is 0.486 e. The number of thiocarbonyl (C=S) groups is 1. The first-order chi connectivity index (χ1) is 10.7. The SMILES string of the molecule is CN(Cc1ccc2c(c1)OCCO2)C(=S)NC1CCCCC1. The molecule has 1 heterocycles. The van der Waals surface area contributed by atoms with E-state index in [9.17, 15) is 0 Å². The third-order valence-electron chi connectivity index (χ3n) is 4.31. The number of rotatable bonds is 3. The molecule has 5 heteroatoms. The maximum absolute atomic E-state index is 5.64. The molecule has 0 radical (unpaired) electrons. The van der Waals surface area contributed by atoms with Crippen molar-refractivity contribution in [1.29, 1.82) is 0 Å². The van der Waals surface area contributed by atoms with Gasteiger partial charge in [0.25, 0.3) is 0 Å². The summed E-state index contributed by atoms with van der Waals surface area (Å²) in [7, 11) is 2.04. The van der Waals surface area contributed by atoms with Crippen LogP contribution in [0.1, 0.15) is 37.7 Å². The van der Waals surface area contributed by atoms with Crippen molar-refractivity contribution in [2.24, 2.45) is 0 Å². The molecule has 0 amide bonds. The third-order valence-corrected chi connectivity index (χ3v) is 4.74. The second-order valence-electron chi connectivity index (χ2n) is 6.12. The van der Waals surface area contributed by atoms with Crippen LogP contribution in [0.5, 0.6) is 11.5 Å². The second-order valence-corrected chi connectivity index (χ2v) is 6.51. The van der Waals surface area contributed by atoms with Crippen LogP contribution in [0.25, 0.3) is 0 Å². The minimum atomic E-state index is 0.545. The molecule has 0 unspecified atom stereocenters. The van der Waals surface area contributed by atoms with Gasteiger partial charge in [0.15, 0.2) is 16.6 Å². The predicted molar refractivity (Wildman–Crippen MR) is 91.5 cm³/mol. The molecule has 1 aliphatic heterocycles.